The Bertz CT molecular complexity index is 967. The number of hydrogen-bond donors (Lipinski definition) is 2. The van der Waals surface area contributed by atoms with E-state index in [1.807, 2.05) is 0 Å². The molecule has 11 heteroatoms. The highest BCUT2D eigenvalue weighted by atomic mass is 35.5. The van der Waals surface area contributed by atoms with E-state index in [4.69, 9.17) is 11.6 Å². The van der Waals surface area contributed by atoms with E-state index in [0.29, 0.717) is 17.6 Å². The summed E-state index contributed by atoms with van der Waals surface area (Å²) in [6.45, 7) is 4.48. The number of sulfonamides is 1. The average molecular weight is 472 g/mol. The molecule has 1 amide bonds. The molecule has 1 aromatic heterocycles. The molecule has 164 valence electrons. The van der Waals surface area contributed by atoms with Crippen molar-refractivity contribution >= 4 is 44.0 Å². The van der Waals surface area contributed by atoms with Crippen molar-refractivity contribution in [1.82, 2.24) is 19.8 Å². The van der Waals surface area contributed by atoms with Crippen molar-refractivity contribution in [2.45, 2.75) is 49.4 Å². The number of nitrogens with zero attached hydrogens (tertiary/aromatic N) is 3. The van der Waals surface area contributed by atoms with Crippen molar-refractivity contribution in [1.29, 1.82) is 0 Å². The molecule has 2 aromatic rings. The van der Waals surface area contributed by atoms with Crippen molar-refractivity contribution in [3.63, 3.8) is 0 Å². The van der Waals surface area contributed by atoms with Crippen LogP contribution in [0, 0.1) is 0 Å². The fraction of sp³-hybridized carbons (Fsp3) is 0.526. The summed E-state index contributed by atoms with van der Waals surface area (Å²) < 4.78 is 27.3. The van der Waals surface area contributed by atoms with Gasteiger partial charge in [-0.1, -0.05) is 48.4 Å². The van der Waals surface area contributed by atoms with Gasteiger partial charge in [-0.2, -0.15) is 0 Å². The summed E-state index contributed by atoms with van der Waals surface area (Å²) in [7, 11) is -3.77. The van der Waals surface area contributed by atoms with Gasteiger partial charge in [-0.15, -0.1) is 10.2 Å². The minimum absolute atomic E-state index is 0.0967. The van der Waals surface area contributed by atoms with Crippen LogP contribution in [-0.4, -0.2) is 55.1 Å². The number of nitrogens with one attached hydrogen (secondary N) is 2. The Hall–Kier alpha value is -1.59. The zero-order chi connectivity index (χ0) is 21.6. The fourth-order valence-electron chi connectivity index (χ4n) is 3.55. The summed E-state index contributed by atoms with van der Waals surface area (Å²) in [6.07, 6.45) is 5.54. The Morgan fingerprint density at radius 1 is 1.30 bits per heavy atom. The summed E-state index contributed by atoms with van der Waals surface area (Å²) in [5.74, 6) is -0.472. The summed E-state index contributed by atoms with van der Waals surface area (Å²) in [5, 5.41) is 10.4. The number of carbonyl (C=O) groups is 1. The van der Waals surface area contributed by atoms with E-state index in [1.54, 1.807) is 24.3 Å². The normalized spacial score (nSPS) is 17.7. The smallest absolute Gasteiger partial charge is 0.269 e. The van der Waals surface area contributed by atoms with Crippen molar-refractivity contribution in [3.05, 3.63) is 34.9 Å². The minimum atomic E-state index is -3.77. The molecule has 1 fully saturated rings. The zero-order valence-corrected chi connectivity index (χ0v) is 19.2. The second-order valence-electron chi connectivity index (χ2n) is 7.15. The molecule has 30 heavy (non-hydrogen) atoms. The first-order valence-corrected chi connectivity index (χ1v) is 12.7. The van der Waals surface area contributed by atoms with E-state index in [9.17, 15) is 13.2 Å². The molecule has 3 rings (SSSR count). The first-order valence-electron chi connectivity index (χ1n) is 10.0. The maximum atomic E-state index is 12.5. The number of likely N-dealkylation sites (tertiary alicyclic amines) is 1. The van der Waals surface area contributed by atoms with Crippen LogP contribution < -0.4 is 10.0 Å². The van der Waals surface area contributed by atoms with Gasteiger partial charge in [0.2, 0.25) is 9.47 Å². The molecule has 0 bridgehead atoms. The number of aromatic nitrogens is 2. The number of rotatable bonds is 9. The van der Waals surface area contributed by atoms with Crippen LogP contribution in [0.1, 0.15) is 49.4 Å². The number of hydrogen-bond acceptors (Lipinski definition) is 7. The average Bonchev–Trinajstić information content (AvgIpc) is 3.21. The van der Waals surface area contributed by atoms with E-state index in [0.717, 1.165) is 37.3 Å². The predicted octanol–water partition coefficient (Wildman–Crippen LogP) is 3.38. The molecule has 0 saturated carbocycles. The molecule has 1 aliphatic rings. The second-order valence-corrected chi connectivity index (χ2v) is 10.5. The number of carbonyl (C=O) groups excluding carboxylic acids is 1. The van der Waals surface area contributed by atoms with Gasteiger partial charge in [-0.3, -0.25) is 10.1 Å². The second kappa shape index (κ2) is 10.6. The van der Waals surface area contributed by atoms with Crippen molar-refractivity contribution < 1.29 is 13.2 Å². The van der Waals surface area contributed by atoms with Crippen molar-refractivity contribution in [2.24, 2.45) is 0 Å². The molecule has 1 atom stereocenters. The number of piperidine rings is 1. The van der Waals surface area contributed by atoms with Gasteiger partial charge in [-0.05, 0) is 50.9 Å². The number of benzene rings is 1. The monoisotopic (exact) mass is 471 g/mol. The predicted molar refractivity (Wildman–Crippen MR) is 119 cm³/mol. The fourth-order valence-corrected chi connectivity index (χ4v) is 5.78. The lowest BCUT2D eigenvalue weighted by atomic mass is 10.00. The molecule has 0 unspecified atom stereocenters. The SMILES string of the molecule is CC[C@@H]1CCCCN1CCCNS(=O)(=O)c1nnc(NC(=O)c2ccccc2Cl)s1. The maximum absolute atomic E-state index is 12.5. The van der Waals surface area contributed by atoms with E-state index in [2.05, 4.69) is 32.1 Å². The van der Waals surface area contributed by atoms with Gasteiger partial charge in [-0.25, -0.2) is 13.1 Å². The highest BCUT2D eigenvalue weighted by Crippen LogP contribution is 2.22. The first kappa shape index (κ1) is 23.1. The quantitative estimate of drug-likeness (QED) is 0.429. The van der Waals surface area contributed by atoms with Crippen LogP contribution in [0.5, 0.6) is 0 Å². The first-order chi connectivity index (χ1) is 14.4. The van der Waals surface area contributed by atoms with E-state index in [-0.39, 0.29) is 15.0 Å². The Balaban J connectivity index is 1.51. The lowest BCUT2D eigenvalue weighted by Gasteiger charge is -2.35. The maximum Gasteiger partial charge on any atom is 0.269 e. The molecule has 0 aliphatic carbocycles. The molecule has 1 aromatic carbocycles. The van der Waals surface area contributed by atoms with Gasteiger partial charge < -0.3 is 4.90 Å². The summed E-state index contributed by atoms with van der Waals surface area (Å²) in [5.41, 5.74) is 0.278. The molecule has 0 spiro atoms. The third-order valence-corrected chi connectivity index (χ3v) is 8.11. The molecular weight excluding hydrogens is 446 g/mol. The molecule has 1 saturated heterocycles. The summed E-state index contributed by atoms with van der Waals surface area (Å²) in [6, 6.07) is 7.18. The largest absolute Gasteiger partial charge is 0.300 e. The van der Waals surface area contributed by atoms with Crippen molar-refractivity contribution in [3.8, 4) is 0 Å². The molecule has 8 nitrogen and oxygen atoms in total. The van der Waals surface area contributed by atoms with Crippen molar-refractivity contribution in [2.75, 3.05) is 25.0 Å². The van der Waals surface area contributed by atoms with Crippen LogP contribution in [0.2, 0.25) is 5.02 Å². The lowest BCUT2D eigenvalue weighted by Crippen LogP contribution is -2.40. The van der Waals surface area contributed by atoms with Crippen LogP contribution in [0.15, 0.2) is 28.6 Å². The molecule has 1 aliphatic heterocycles. The van der Waals surface area contributed by atoms with Gasteiger partial charge >= 0.3 is 0 Å². The molecule has 2 N–H and O–H groups in total. The van der Waals surface area contributed by atoms with Gasteiger partial charge in [0.1, 0.15) is 0 Å². The third-order valence-electron chi connectivity index (χ3n) is 5.11. The van der Waals surface area contributed by atoms with Crippen LogP contribution in [-0.2, 0) is 10.0 Å². The van der Waals surface area contributed by atoms with Gasteiger partial charge in [0.05, 0.1) is 10.6 Å². The summed E-state index contributed by atoms with van der Waals surface area (Å²) in [4.78, 5) is 14.7. The Morgan fingerprint density at radius 2 is 2.10 bits per heavy atom. The number of halogens is 1. The number of anilines is 1. The lowest BCUT2D eigenvalue weighted by molar-refractivity contribution is 0.102. The molecule has 0 radical (unpaired) electrons. The van der Waals surface area contributed by atoms with E-state index in [1.165, 1.54) is 19.3 Å². The van der Waals surface area contributed by atoms with E-state index >= 15 is 0 Å². The van der Waals surface area contributed by atoms with Crippen LogP contribution in [0.3, 0.4) is 0 Å². The van der Waals surface area contributed by atoms with Gasteiger partial charge in [0.25, 0.3) is 15.9 Å². The summed E-state index contributed by atoms with van der Waals surface area (Å²) >= 11 is 6.81. The highest BCUT2D eigenvalue weighted by molar-refractivity contribution is 7.91. The van der Waals surface area contributed by atoms with E-state index < -0.39 is 15.9 Å². The Labute approximate surface area is 186 Å². The topological polar surface area (TPSA) is 104 Å². The Kier molecular flexibility index (Phi) is 8.18. The van der Waals surface area contributed by atoms with Crippen LogP contribution >= 0.6 is 22.9 Å². The number of amides is 1. The van der Waals surface area contributed by atoms with Gasteiger partial charge in [0.15, 0.2) is 0 Å². The molecule has 2 heterocycles. The van der Waals surface area contributed by atoms with Crippen LogP contribution in [0.4, 0.5) is 5.13 Å². The van der Waals surface area contributed by atoms with Crippen LogP contribution in [0.25, 0.3) is 0 Å². The standard InChI is InChI=1S/C19H26ClN5O3S2/c1-2-14-8-5-6-12-25(14)13-7-11-21-30(27,28)19-24-23-18(29-19)22-17(26)15-9-3-4-10-16(15)20/h3-4,9-10,14,21H,2,5-8,11-13H2,1H3,(H,22,23,26)/t14-/m1/s1. The minimum Gasteiger partial charge on any atom is -0.300 e. The Morgan fingerprint density at radius 3 is 2.87 bits per heavy atom. The zero-order valence-electron chi connectivity index (χ0n) is 16.8. The van der Waals surface area contributed by atoms with Gasteiger partial charge in [0, 0.05) is 12.6 Å². The highest BCUT2D eigenvalue weighted by Gasteiger charge is 2.23. The molecular formula is C19H26ClN5O3S2. The third kappa shape index (κ3) is 5.98.